The minimum atomic E-state index is -0.702. The second kappa shape index (κ2) is 4.50. The van der Waals surface area contributed by atoms with Crippen molar-refractivity contribution in [2.24, 2.45) is 0 Å². The third-order valence-electron chi connectivity index (χ3n) is 2.40. The third kappa shape index (κ3) is 2.35. The number of benzene rings is 1. The maximum Gasteiger partial charge on any atom is 0.133 e. The largest absolute Gasteiger partial charge is 0.386 e. The lowest BCUT2D eigenvalue weighted by molar-refractivity contribution is 0.199. The van der Waals surface area contributed by atoms with Gasteiger partial charge in [-0.1, -0.05) is 0 Å². The molecule has 1 unspecified atom stereocenters. The number of hydrogen-bond donors (Lipinski definition) is 1. The summed E-state index contributed by atoms with van der Waals surface area (Å²) in [7, 11) is 0. The lowest BCUT2D eigenvalue weighted by Gasteiger charge is -2.03. The van der Waals surface area contributed by atoms with E-state index in [2.05, 4.69) is 4.98 Å². The monoisotopic (exact) mass is 255 g/mol. The number of aliphatic hydroxyl groups excluding tert-OH is 1. The van der Waals surface area contributed by atoms with Gasteiger partial charge < -0.3 is 5.11 Å². The molecule has 2 aromatic rings. The molecule has 17 heavy (non-hydrogen) atoms. The van der Waals surface area contributed by atoms with Crippen molar-refractivity contribution in [1.82, 2.24) is 4.98 Å². The van der Waals surface area contributed by atoms with Crippen molar-refractivity contribution in [2.45, 2.75) is 20.0 Å². The molecule has 0 amide bonds. The molecule has 0 bridgehead atoms. The highest BCUT2D eigenvalue weighted by molar-refractivity contribution is 7.10. The molecule has 1 aromatic carbocycles. The zero-order valence-corrected chi connectivity index (χ0v) is 10.2. The van der Waals surface area contributed by atoms with Crippen molar-refractivity contribution in [2.75, 3.05) is 0 Å². The highest BCUT2D eigenvalue weighted by Crippen LogP contribution is 2.28. The topological polar surface area (TPSA) is 33.1 Å². The van der Waals surface area contributed by atoms with E-state index < -0.39 is 17.7 Å². The fourth-order valence-corrected chi connectivity index (χ4v) is 2.21. The van der Waals surface area contributed by atoms with Crippen molar-refractivity contribution < 1.29 is 13.9 Å². The Morgan fingerprint density at radius 1 is 1.29 bits per heavy atom. The van der Waals surface area contributed by atoms with Crippen LogP contribution in [-0.4, -0.2) is 10.1 Å². The van der Waals surface area contributed by atoms with Gasteiger partial charge >= 0.3 is 0 Å². The molecule has 0 fully saturated rings. The second-order valence-electron chi connectivity index (χ2n) is 3.83. The van der Waals surface area contributed by atoms with Crippen molar-refractivity contribution in [1.29, 1.82) is 0 Å². The van der Waals surface area contributed by atoms with Crippen molar-refractivity contribution in [3.8, 4) is 11.3 Å². The Kier molecular flexibility index (Phi) is 3.22. The van der Waals surface area contributed by atoms with E-state index >= 15 is 0 Å². The Labute approximate surface area is 102 Å². The molecule has 1 N–H and O–H groups in total. The molecule has 90 valence electrons. The van der Waals surface area contributed by atoms with Gasteiger partial charge in [-0.15, -0.1) is 11.3 Å². The Hall–Kier alpha value is -1.33. The van der Waals surface area contributed by atoms with Crippen LogP contribution in [-0.2, 0) is 0 Å². The van der Waals surface area contributed by atoms with Crippen LogP contribution < -0.4 is 0 Å². The maximum absolute atomic E-state index is 13.7. The summed E-state index contributed by atoms with van der Waals surface area (Å²) >= 11 is 1.22. The number of nitrogens with zero attached hydrogens (tertiary/aromatic N) is 1. The van der Waals surface area contributed by atoms with Crippen LogP contribution in [0.15, 0.2) is 17.5 Å². The van der Waals surface area contributed by atoms with Gasteiger partial charge in [-0.2, -0.15) is 0 Å². The SMILES string of the molecule is Cc1cc(F)c(-c2csc(C(C)O)n2)cc1F. The molecule has 2 rings (SSSR count). The molecule has 0 spiro atoms. The Bertz CT molecular complexity index is 551. The van der Waals surface area contributed by atoms with E-state index in [1.54, 1.807) is 12.3 Å². The van der Waals surface area contributed by atoms with E-state index in [1.807, 2.05) is 0 Å². The summed E-state index contributed by atoms with van der Waals surface area (Å²) < 4.78 is 27.0. The number of thiazole rings is 1. The Balaban J connectivity index is 2.49. The van der Waals surface area contributed by atoms with Crippen LogP contribution in [0.25, 0.3) is 11.3 Å². The van der Waals surface area contributed by atoms with Crippen LogP contribution in [0.2, 0.25) is 0 Å². The highest BCUT2D eigenvalue weighted by atomic mass is 32.1. The van der Waals surface area contributed by atoms with Gasteiger partial charge in [-0.25, -0.2) is 13.8 Å². The standard InChI is InChI=1S/C12H11F2NOS/c1-6-3-10(14)8(4-9(6)13)11-5-17-12(15-11)7(2)16/h3-5,7,16H,1-2H3. The van der Waals surface area contributed by atoms with Crippen molar-refractivity contribution >= 4 is 11.3 Å². The van der Waals surface area contributed by atoms with Gasteiger partial charge in [0.15, 0.2) is 0 Å². The number of aliphatic hydroxyl groups is 1. The number of halogens is 2. The lowest BCUT2D eigenvalue weighted by atomic mass is 10.1. The number of aromatic nitrogens is 1. The first-order valence-electron chi connectivity index (χ1n) is 5.08. The fourth-order valence-electron chi connectivity index (χ4n) is 1.45. The molecule has 0 aliphatic rings. The van der Waals surface area contributed by atoms with Crippen LogP contribution in [0.1, 0.15) is 23.6 Å². The van der Waals surface area contributed by atoms with Gasteiger partial charge in [0.05, 0.1) is 5.69 Å². The Morgan fingerprint density at radius 2 is 2.00 bits per heavy atom. The summed E-state index contributed by atoms with van der Waals surface area (Å²) in [5.41, 5.74) is 0.732. The third-order valence-corrected chi connectivity index (χ3v) is 3.42. The molecular formula is C12H11F2NOS. The van der Waals surface area contributed by atoms with Crippen LogP contribution in [0.3, 0.4) is 0 Å². The van der Waals surface area contributed by atoms with Crippen LogP contribution in [0, 0.1) is 18.6 Å². The van der Waals surface area contributed by atoms with Gasteiger partial charge in [0.2, 0.25) is 0 Å². The average Bonchev–Trinajstić information content (AvgIpc) is 2.72. The Morgan fingerprint density at radius 3 is 2.59 bits per heavy atom. The summed E-state index contributed by atoms with van der Waals surface area (Å²) in [6.07, 6.45) is -0.702. The zero-order valence-electron chi connectivity index (χ0n) is 9.37. The molecule has 1 atom stereocenters. The molecule has 0 saturated carbocycles. The smallest absolute Gasteiger partial charge is 0.133 e. The van der Waals surface area contributed by atoms with E-state index in [4.69, 9.17) is 0 Å². The summed E-state index contributed by atoms with van der Waals surface area (Å²) in [4.78, 5) is 4.07. The molecule has 1 aromatic heterocycles. The normalized spacial score (nSPS) is 12.8. The number of hydrogen-bond acceptors (Lipinski definition) is 3. The molecule has 0 aliphatic heterocycles. The average molecular weight is 255 g/mol. The van der Waals surface area contributed by atoms with Gasteiger partial charge in [-0.3, -0.25) is 0 Å². The van der Waals surface area contributed by atoms with Gasteiger partial charge in [0, 0.05) is 10.9 Å². The number of rotatable bonds is 2. The molecular weight excluding hydrogens is 244 g/mol. The summed E-state index contributed by atoms with van der Waals surface area (Å²) in [5.74, 6) is -0.973. The van der Waals surface area contributed by atoms with E-state index in [0.29, 0.717) is 10.7 Å². The van der Waals surface area contributed by atoms with E-state index in [-0.39, 0.29) is 11.1 Å². The van der Waals surface area contributed by atoms with Crippen LogP contribution in [0.4, 0.5) is 8.78 Å². The van der Waals surface area contributed by atoms with Crippen molar-refractivity contribution in [3.05, 3.63) is 39.7 Å². The first-order chi connectivity index (χ1) is 7.99. The molecule has 5 heteroatoms. The van der Waals surface area contributed by atoms with Crippen molar-refractivity contribution in [3.63, 3.8) is 0 Å². The van der Waals surface area contributed by atoms with Crippen LogP contribution in [0.5, 0.6) is 0 Å². The van der Waals surface area contributed by atoms with Gasteiger partial charge in [0.25, 0.3) is 0 Å². The van der Waals surface area contributed by atoms with E-state index in [1.165, 1.54) is 18.3 Å². The quantitative estimate of drug-likeness (QED) is 0.891. The first-order valence-corrected chi connectivity index (χ1v) is 5.96. The fraction of sp³-hybridized carbons (Fsp3) is 0.250. The highest BCUT2D eigenvalue weighted by Gasteiger charge is 2.14. The predicted octanol–water partition coefficient (Wildman–Crippen LogP) is 3.45. The minimum Gasteiger partial charge on any atom is -0.386 e. The maximum atomic E-state index is 13.7. The summed E-state index contributed by atoms with van der Waals surface area (Å²) in [6.45, 7) is 3.08. The number of aryl methyl sites for hydroxylation is 1. The first kappa shape index (κ1) is 12.1. The molecule has 0 radical (unpaired) electrons. The second-order valence-corrected chi connectivity index (χ2v) is 4.72. The van der Waals surface area contributed by atoms with Crippen LogP contribution >= 0.6 is 11.3 Å². The molecule has 0 saturated heterocycles. The molecule has 2 nitrogen and oxygen atoms in total. The minimum absolute atomic E-state index is 0.122. The van der Waals surface area contributed by atoms with E-state index in [9.17, 15) is 13.9 Å². The van der Waals surface area contributed by atoms with Gasteiger partial charge in [-0.05, 0) is 31.5 Å². The lowest BCUT2D eigenvalue weighted by Crippen LogP contribution is -1.93. The predicted molar refractivity (Wildman–Crippen MR) is 62.8 cm³/mol. The summed E-state index contributed by atoms with van der Waals surface area (Å²) in [5, 5.41) is 11.4. The van der Waals surface area contributed by atoms with E-state index in [0.717, 1.165) is 12.1 Å². The molecule has 0 aliphatic carbocycles. The summed E-state index contributed by atoms with van der Waals surface area (Å²) in [6, 6.07) is 2.28. The molecule has 1 heterocycles. The zero-order chi connectivity index (χ0) is 12.6. The van der Waals surface area contributed by atoms with Gasteiger partial charge in [0.1, 0.15) is 22.7 Å².